The van der Waals surface area contributed by atoms with Crippen LogP contribution in [0.3, 0.4) is 0 Å². The summed E-state index contributed by atoms with van der Waals surface area (Å²) in [6, 6.07) is -0.0442. The van der Waals surface area contributed by atoms with Gasteiger partial charge in [-0.25, -0.2) is 14.8 Å². The highest BCUT2D eigenvalue weighted by Gasteiger charge is 2.32. The summed E-state index contributed by atoms with van der Waals surface area (Å²) in [5.41, 5.74) is 1.43. The molecule has 170 valence electrons. The third-order valence-corrected chi connectivity index (χ3v) is 6.72. The highest BCUT2D eigenvalue weighted by molar-refractivity contribution is 7.17. The van der Waals surface area contributed by atoms with Gasteiger partial charge < -0.3 is 25.3 Å². The SMILES string of the molecule is CCNC1CN(c2nc(C)c(C(=O)OCC)s2)CCC1NC(=O)c1nc(Cl)c(CC)[nH]1. The van der Waals surface area contributed by atoms with Gasteiger partial charge in [0.2, 0.25) is 0 Å². The van der Waals surface area contributed by atoms with Crippen LogP contribution in [0.1, 0.15) is 58.9 Å². The molecule has 3 N–H and O–H groups in total. The highest BCUT2D eigenvalue weighted by Crippen LogP contribution is 2.29. The van der Waals surface area contributed by atoms with Crippen molar-refractivity contribution in [1.82, 2.24) is 25.6 Å². The Morgan fingerprint density at radius 3 is 2.71 bits per heavy atom. The number of imidazole rings is 1. The van der Waals surface area contributed by atoms with Crippen molar-refractivity contribution in [2.45, 2.75) is 52.6 Å². The van der Waals surface area contributed by atoms with Crippen LogP contribution in [0.25, 0.3) is 0 Å². The number of carbonyl (C=O) groups is 2. The fourth-order valence-corrected chi connectivity index (χ4v) is 4.90. The van der Waals surface area contributed by atoms with Crippen LogP contribution in [-0.4, -0.2) is 65.2 Å². The second-order valence-corrected chi connectivity index (χ2v) is 8.65. The van der Waals surface area contributed by atoms with Crippen molar-refractivity contribution in [2.24, 2.45) is 0 Å². The molecule has 2 aromatic rings. The molecule has 0 aromatic carbocycles. The predicted octanol–water partition coefficient (Wildman–Crippen LogP) is 2.55. The lowest BCUT2D eigenvalue weighted by molar-refractivity contribution is 0.0531. The van der Waals surface area contributed by atoms with Crippen LogP contribution in [0.15, 0.2) is 0 Å². The number of ether oxygens (including phenoxy) is 1. The number of aromatic nitrogens is 3. The molecule has 0 spiro atoms. The van der Waals surface area contributed by atoms with E-state index in [9.17, 15) is 9.59 Å². The van der Waals surface area contributed by atoms with Gasteiger partial charge in [0.1, 0.15) is 4.88 Å². The van der Waals surface area contributed by atoms with Gasteiger partial charge >= 0.3 is 5.97 Å². The number of anilines is 1. The number of thiazole rings is 1. The Balaban J connectivity index is 1.69. The first-order chi connectivity index (χ1) is 14.9. The number of nitrogens with zero attached hydrogens (tertiary/aromatic N) is 3. The Bertz CT molecular complexity index is 930. The average Bonchev–Trinajstić information content (AvgIpc) is 3.32. The van der Waals surface area contributed by atoms with Gasteiger partial charge in [-0.15, -0.1) is 0 Å². The number of aryl methyl sites for hydroxylation is 2. The smallest absolute Gasteiger partial charge is 0.350 e. The number of hydrogen-bond acceptors (Lipinski definition) is 8. The van der Waals surface area contributed by atoms with Crippen molar-refractivity contribution >= 4 is 39.9 Å². The number of likely N-dealkylation sites (N-methyl/N-ethyl adjacent to an activating group) is 1. The lowest BCUT2D eigenvalue weighted by Crippen LogP contribution is -2.59. The zero-order chi connectivity index (χ0) is 22.5. The molecule has 2 unspecified atom stereocenters. The molecular formula is C20H29ClN6O3S. The maximum absolute atomic E-state index is 12.7. The third kappa shape index (κ3) is 5.36. The zero-order valence-corrected chi connectivity index (χ0v) is 19.8. The molecule has 2 atom stereocenters. The number of amides is 1. The number of nitrogens with one attached hydrogen (secondary N) is 3. The van der Waals surface area contributed by atoms with Gasteiger partial charge in [-0.3, -0.25) is 4.79 Å². The summed E-state index contributed by atoms with van der Waals surface area (Å²) in [7, 11) is 0. The van der Waals surface area contributed by atoms with Crippen LogP contribution in [0.2, 0.25) is 5.15 Å². The molecule has 0 saturated carbocycles. The summed E-state index contributed by atoms with van der Waals surface area (Å²) < 4.78 is 5.12. The number of carbonyl (C=O) groups excluding carboxylic acids is 2. The summed E-state index contributed by atoms with van der Waals surface area (Å²) in [5.74, 6) is -0.371. The third-order valence-electron chi connectivity index (χ3n) is 5.21. The molecule has 3 rings (SSSR count). The molecule has 1 aliphatic rings. The summed E-state index contributed by atoms with van der Waals surface area (Å²) in [5, 5.41) is 7.67. The van der Waals surface area contributed by atoms with E-state index >= 15 is 0 Å². The van der Waals surface area contributed by atoms with Crippen molar-refractivity contribution < 1.29 is 14.3 Å². The number of hydrogen-bond donors (Lipinski definition) is 3. The highest BCUT2D eigenvalue weighted by atomic mass is 35.5. The quantitative estimate of drug-likeness (QED) is 0.510. The lowest BCUT2D eigenvalue weighted by Gasteiger charge is -2.39. The van der Waals surface area contributed by atoms with Gasteiger partial charge in [0.25, 0.3) is 5.91 Å². The van der Waals surface area contributed by atoms with Crippen LogP contribution < -0.4 is 15.5 Å². The van der Waals surface area contributed by atoms with E-state index in [1.807, 2.05) is 20.8 Å². The van der Waals surface area contributed by atoms with Crippen molar-refractivity contribution in [2.75, 3.05) is 31.1 Å². The van der Waals surface area contributed by atoms with E-state index < -0.39 is 0 Å². The monoisotopic (exact) mass is 468 g/mol. The Hall–Kier alpha value is -2.17. The summed E-state index contributed by atoms with van der Waals surface area (Å²) in [6.45, 7) is 10.1. The van der Waals surface area contributed by atoms with E-state index in [0.717, 1.165) is 23.8 Å². The van der Waals surface area contributed by atoms with Gasteiger partial charge in [-0.05, 0) is 33.2 Å². The molecule has 1 fully saturated rings. The van der Waals surface area contributed by atoms with Gasteiger partial charge in [-0.1, -0.05) is 36.8 Å². The molecule has 1 amide bonds. The lowest BCUT2D eigenvalue weighted by atomic mass is 9.99. The van der Waals surface area contributed by atoms with Gasteiger partial charge in [0.15, 0.2) is 16.1 Å². The summed E-state index contributed by atoms with van der Waals surface area (Å²) in [4.78, 5) is 39.3. The zero-order valence-electron chi connectivity index (χ0n) is 18.2. The standard InChI is InChI=1S/C20H29ClN6O3S/c1-5-12-16(21)26-17(24-12)18(28)25-13-8-9-27(10-14(13)22-6-2)20-23-11(4)15(31-20)19(29)30-7-3/h13-14,22H,5-10H2,1-4H3,(H,24,26)(H,25,28). The molecular weight excluding hydrogens is 440 g/mol. The number of esters is 1. The van der Waals surface area contributed by atoms with Gasteiger partial charge in [0, 0.05) is 25.2 Å². The Morgan fingerprint density at radius 1 is 1.29 bits per heavy atom. The number of halogens is 1. The fourth-order valence-electron chi connectivity index (χ4n) is 3.64. The largest absolute Gasteiger partial charge is 0.462 e. The minimum atomic E-state index is -0.335. The molecule has 0 bridgehead atoms. The Labute approximate surface area is 190 Å². The predicted molar refractivity (Wildman–Crippen MR) is 121 cm³/mol. The molecule has 9 nitrogen and oxygen atoms in total. The van der Waals surface area contributed by atoms with E-state index in [0.29, 0.717) is 41.8 Å². The van der Waals surface area contributed by atoms with Crippen molar-refractivity contribution in [1.29, 1.82) is 0 Å². The van der Waals surface area contributed by atoms with E-state index in [4.69, 9.17) is 16.3 Å². The molecule has 0 radical (unpaired) electrons. The molecule has 0 aliphatic carbocycles. The van der Waals surface area contributed by atoms with Crippen molar-refractivity contribution in [3.05, 3.63) is 27.2 Å². The Kier molecular flexibility index (Phi) is 7.90. The molecule has 11 heteroatoms. The van der Waals surface area contributed by atoms with Crippen molar-refractivity contribution in [3.63, 3.8) is 0 Å². The molecule has 1 saturated heterocycles. The Morgan fingerprint density at radius 2 is 2.06 bits per heavy atom. The number of piperidine rings is 1. The van der Waals surface area contributed by atoms with E-state index in [1.54, 1.807) is 6.92 Å². The summed E-state index contributed by atoms with van der Waals surface area (Å²) >= 11 is 7.42. The topological polar surface area (TPSA) is 112 Å². The van der Waals surface area contributed by atoms with Crippen molar-refractivity contribution in [3.8, 4) is 0 Å². The minimum absolute atomic E-state index is 0.0222. The van der Waals surface area contributed by atoms with Gasteiger partial charge in [-0.2, -0.15) is 0 Å². The van der Waals surface area contributed by atoms with E-state index in [2.05, 4.69) is 30.5 Å². The van der Waals surface area contributed by atoms with Crippen LogP contribution in [0.5, 0.6) is 0 Å². The number of aromatic amines is 1. The first kappa shape index (κ1) is 23.5. The average molecular weight is 469 g/mol. The minimum Gasteiger partial charge on any atom is -0.462 e. The van der Waals surface area contributed by atoms with Crippen LogP contribution >= 0.6 is 22.9 Å². The molecule has 31 heavy (non-hydrogen) atoms. The van der Waals surface area contributed by atoms with E-state index in [-0.39, 0.29) is 29.8 Å². The van der Waals surface area contributed by atoms with E-state index in [1.165, 1.54) is 11.3 Å². The second kappa shape index (κ2) is 10.4. The number of rotatable bonds is 8. The summed E-state index contributed by atoms with van der Waals surface area (Å²) in [6.07, 6.45) is 1.41. The molecule has 2 aromatic heterocycles. The van der Waals surface area contributed by atoms with Crippen LogP contribution in [0.4, 0.5) is 5.13 Å². The van der Waals surface area contributed by atoms with Crippen LogP contribution in [-0.2, 0) is 11.2 Å². The second-order valence-electron chi connectivity index (χ2n) is 7.32. The fraction of sp³-hybridized carbons (Fsp3) is 0.600. The normalized spacial score (nSPS) is 18.8. The number of H-pyrrole nitrogens is 1. The molecule has 1 aliphatic heterocycles. The van der Waals surface area contributed by atoms with Gasteiger partial charge in [0.05, 0.1) is 18.0 Å². The first-order valence-electron chi connectivity index (χ1n) is 10.6. The maximum Gasteiger partial charge on any atom is 0.350 e. The molecule has 3 heterocycles. The van der Waals surface area contributed by atoms with Crippen LogP contribution in [0, 0.1) is 6.92 Å². The maximum atomic E-state index is 12.7. The first-order valence-corrected chi connectivity index (χ1v) is 11.7.